The molecule has 8 nitrogen and oxygen atoms in total. The Kier molecular flexibility index (Phi) is 7.04. The Morgan fingerprint density at radius 1 is 1.50 bits per heavy atom. The number of nitro groups is 1. The van der Waals surface area contributed by atoms with E-state index in [2.05, 4.69) is 20.7 Å². The largest absolute Gasteiger partial charge is 0.379 e. The second-order valence-electron chi connectivity index (χ2n) is 5.38. The zero-order chi connectivity index (χ0) is 17.4. The molecule has 2 N–H and O–H groups in total. The second-order valence-corrected chi connectivity index (χ2v) is 5.79. The summed E-state index contributed by atoms with van der Waals surface area (Å²) in [5.74, 6) is 0. The van der Waals surface area contributed by atoms with Crippen molar-refractivity contribution in [3.63, 3.8) is 0 Å². The maximum atomic E-state index is 10.9. The second kappa shape index (κ2) is 9.26. The van der Waals surface area contributed by atoms with E-state index in [0.717, 1.165) is 39.4 Å². The average Bonchev–Trinajstić information content (AvgIpc) is 2.57. The maximum Gasteiger partial charge on any atom is 0.272 e. The van der Waals surface area contributed by atoms with Crippen LogP contribution in [0.2, 0.25) is 0 Å². The van der Waals surface area contributed by atoms with Crippen molar-refractivity contribution in [3.8, 4) is 0 Å². The smallest absolute Gasteiger partial charge is 0.272 e. The monoisotopic (exact) mass is 351 g/mol. The van der Waals surface area contributed by atoms with E-state index in [0.29, 0.717) is 16.2 Å². The van der Waals surface area contributed by atoms with Crippen molar-refractivity contribution in [1.29, 1.82) is 0 Å². The van der Waals surface area contributed by atoms with E-state index < -0.39 is 4.92 Å². The highest BCUT2D eigenvalue weighted by Crippen LogP contribution is 2.18. The van der Waals surface area contributed by atoms with Gasteiger partial charge in [0, 0.05) is 43.4 Å². The molecule has 130 valence electrons. The third-order valence-corrected chi connectivity index (χ3v) is 3.86. The Hall–Kier alpha value is -2.10. The molecule has 1 aromatic rings. The van der Waals surface area contributed by atoms with Gasteiger partial charge in [-0.1, -0.05) is 12.1 Å². The minimum absolute atomic E-state index is 0.0742. The number of rotatable bonds is 6. The van der Waals surface area contributed by atoms with Crippen molar-refractivity contribution in [2.24, 2.45) is 5.10 Å². The molecule has 1 heterocycles. The molecular weight excluding hydrogens is 330 g/mol. The quantitative estimate of drug-likeness (QED) is 0.342. The topological polar surface area (TPSA) is 92.0 Å². The molecule has 0 radical (unpaired) electrons. The minimum Gasteiger partial charge on any atom is -0.379 e. The van der Waals surface area contributed by atoms with E-state index in [1.165, 1.54) is 12.3 Å². The lowest BCUT2D eigenvalue weighted by Crippen LogP contribution is -2.42. The number of hydrazone groups is 1. The Morgan fingerprint density at radius 3 is 2.96 bits per heavy atom. The van der Waals surface area contributed by atoms with Gasteiger partial charge in [0.25, 0.3) is 5.69 Å². The number of benzene rings is 1. The number of aryl methyl sites for hydroxylation is 1. The van der Waals surface area contributed by atoms with Gasteiger partial charge in [0.2, 0.25) is 0 Å². The zero-order valence-electron chi connectivity index (χ0n) is 13.5. The maximum absolute atomic E-state index is 10.9. The molecule has 0 spiro atoms. The minimum atomic E-state index is -0.405. The lowest BCUT2D eigenvalue weighted by Gasteiger charge is -2.26. The SMILES string of the molecule is Cc1ccc(/C=N\NC(=S)NCCN2CCOCC2)cc1[N+](=O)[O-]. The molecule has 1 aliphatic rings. The molecule has 1 fully saturated rings. The number of morpholine rings is 1. The number of nitrogens with zero attached hydrogens (tertiary/aromatic N) is 3. The fourth-order valence-corrected chi connectivity index (χ4v) is 2.42. The van der Waals surface area contributed by atoms with Crippen molar-refractivity contribution in [2.45, 2.75) is 6.92 Å². The van der Waals surface area contributed by atoms with Crippen molar-refractivity contribution < 1.29 is 9.66 Å². The summed E-state index contributed by atoms with van der Waals surface area (Å²) in [5, 5.41) is 18.4. The first-order valence-electron chi connectivity index (χ1n) is 7.68. The molecule has 24 heavy (non-hydrogen) atoms. The van der Waals surface area contributed by atoms with Gasteiger partial charge in [-0.25, -0.2) is 0 Å². The first kappa shape index (κ1) is 18.2. The van der Waals surface area contributed by atoms with E-state index in [4.69, 9.17) is 17.0 Å². The standard InChI is InChI=1S/C15H21N5O3S/c1-12-2-3-13(10-14(12)20(21)22)11-17-18-15(24)16-4-5-19-6-8-23-9-7-19/h2-3,10-11H,4-9H2,1H3,(H2,16,18,24)/b17-11-. The predicted octanol–water partition coefficient (Wildman–Crippen LogP) is 1.03. The van der Waals surface area contributed by atoms with Gasteiger partial charge in [-0.05, 0) is 19.1 Å². The van der Waals surface area contributed by atoms with Gasteiger partial charge in [-0.2, -0.15) is 5.10 Å². The molecular formula is C15H21N5O3S. The van der Waals surface area contributed by atoms with Crippen LogP contribution in [0, 0.1) is 17.0 Å². The predicted molar refractivity (Wildman–Crippen MR) is 96.4 cm³/mol. The highest BCUT2D eigenvalue weighted by molar-refractivity contribution is 7.80. The summed E-state index contributed by atoms with van der Waals surface area (Å²) < 4.78 is 5.29. The van der Waals surface area contributed by atoms with Crippen LogP contribution >= 0.6 is 12.2 Å². The van der Waals surface area contributed by atoms with Crippen LogP contribution in [0.1, 0.15) is 11.1 Å². The number of thiocarbonyl (C=S) groups is 1. The van der Waals surface area contributed by atoms with Gasteiger partial charge in [0.05, 0.1) is 24.4 Å². The lowest BCUT2D eigenvalue weighted by molar-refractivity contribution is -0.385. The summed E-state index contributed by atoms with van der Waals surface area (Å²) in [4.78, 5) is 12.8. The van der Waals surface area contributed by atoms with Crippen molar-refractivity contribution in [1.82, 2.24) is 15.6 Å². The Balaban J connectivity index is 1.73. The van der Waals surface area contributed by atoms with Gasteiger partial charge in [0.1, 0.15) is 0 Å². The summed E-state index contributed by atoms with van der Waals surface area (Å²) in [6, 6.07) is 4.94. The summed E-state index contributed by atoms with van der Waals surface area (Å²) in [6.45, 7) is 6.73. The fourth-order valence-electron chi connectivity index (χ4n) is 2.26. The van der Waals surface area contributed by atoms with Crippen molar-refractivity contribution in [2.75, 3.05) is 39.4 Å². The molecule has 1 aliphatic heterocycles. The summed E-state index contributed by atoms with van der Waals surface area (Å²) in [5.41, 5.74) is 4.03. The summed E-state index contributed by atoms with van der Waals surface area (Å²) >= 11 is 5.14. The molecule has 1 saturated heterocycles. The molecule has 9 heteroatoms. The van der Waals surface area contributed by atoms with Gasteiger partial charge >= 0.3 is 0 Å². The van der Waals surface area contributed by atoms with Gasteiger partial charge in [0.15, 0.2) is 5.11 Å². The molecule has 0 unspecified atom stereocenters. The lowest BCUT2D eigenvalue weighted by atomic mass is 10.1. The Bertz CT molecular complexity index is 617. The molecule has 0 atom stereocenters. The van der Waals surface area contributed by atoms with Crippen LogP contribution in [-0.4, -0.2) is 60.5 Å². The van der Waals surface area contributed by atoms with Gasteiger partial charge < -0.3 is 10.1 Å². The van der Waals surface area contributed by atoms with Gasteiger partial charge in [-0.3, -0.25) is 20.4 Å². The van der Waals surface area contributed by atoms with Crippen molar-refractivity contribution >= 4 is 29.2 Å². The highest BCUT2D eigenvalue weighted by atomic mass is 32.1. The number of ether oxygens (including phenoxy) is 1. The third-order valence-electron chi connectivity index (χ3n) is 3.63. The molecule has 0 aromatic heterocycles. The molecule has 0 bridgehead atoms. The summed E-state index contributed by atoms with van der Waals surface area (Å²) in [7, 11) is 0. The number of nitro benzene ring substituents is 1. The molecule has 1 aromatic carbocycles. The van der Waals surface area contributed by atoms with Crippen LogP contribution in [0.4, 0.5) is 5.69 Å². The summed E-state index contributed by atoms with van der Waals surface area (Å²) in [6.07, 6.45) is 1.50. The molecule has 2 rings (SSSR count). The third kappa shape index (κ3) is 5.84. The van der Waals surface area contributed by atoms with Crippen molar-refractivity contribution in [3.05, 3.63) is 39.4 Å². The average molecular weight is 351 g/mol. The van der Waals surface area contributed by atoms with E-state index in [9.17, 15) is 10.1 Å². The Morgan fingerprint density at radius 2 is 2.25 bits per heavy atom. The van der Waals surface area contributed by atoms with Crippen LogP contribution in [0.5, 0.6) is 0 Å². The fraction of sp³-hybridized carbons (Fsp3) is 0.467. The highest BCUT2D eigenvalue weighted by Gasteiger charge is 2.10. The van der Waals surface area contributed by atoms with Crippen LogP contribution in [0.25, 0.3) is 0 Å². The number of hydrogen-bond donors (Lipinski definition) is 2. The Labute approximate surface area is 146 Å². The van der Waals surface area contributed by atoms with Crippen LogP contribution in [-0.2, 0) is 4.74 Å². The molecule has 0 saturated carbocycles. The first-order valence-corrected chi connectivity index (χ1v) is 8.09. The number of nitrogens with one attached hydrogen (secondary N) is 2. The number of hydrogen-bond acceptors (Lipinski definition) is 6. The van der Waals surface area contributed by atoms with Crippen LogP contribution < -0.4 is 10.7 Å². The van der Waals surface area contributed by atoms with E-state index in [1.54, 1.807) is 19.1 Å². The molecule has 0 aliphatic carbocycles. The van der Waals surface area contributed by atoms with Gasteiger partial charge in [-0.15, -0.1) is 0 Å². The van der Waals surface area contributed by atoms with E-state index in [1.807, 2.05) is 0 Å². The first-order chi connectivity index (χ1) is 11.6. The van der Waals surface area contributed by atoms with Crippen LogP contribution in [0.15, 0.2) is 23.3 Å². The zero-order valence-corrected chi connectivity index (χ0v) is 14.3. The normalized spacial score (nSPS) is 15.4. The van der Waals surface area contributed by atoms with E-state index >= 15 is 0 Å². The molecule has 0 amide bonds. The van der Waals surface area contributed by atoms with E-state index in [-0.39, 0.29) is 5.69 Å². The van der Waals surface area contributed by atoms with Crippen LogP contribution in [0.3, 0.4) is 0 Å².